The van der Waals surface area contributed by atoms with Crippen LogP contribution in [0.15, 0.2) is 48.5 Å². The van der Waals surface area contributed by atoms with Crippen LogP contribution in [0.4, 0.5) is 10.1 Å². The second-order valence-electron chi connectivity index (χ2n) is 6.06. The summed E-state index contributed by atoms with van der Waals surface area (Å²) in [5, 5.41) is 5.09. The first-order chi connectivity index (χ1) is 13.3. The van der Waals surface area contributed by atoms with E-state index in [4.69, 9.17) is 4.74 Å². The molecule has 2 rings (SSSR count). The number of halogens is 1. The average Bonchev–Trinajstić information content (AvgIpc) is 2.68. The molecule has 2 aromatic rings. The van der Waals surface area contributed by atoms with E-state index >= 15 is 0 Å². The van der Waals surface area contributed by atoms with Gasteiger partial charge in [0.1, 0.15) is 5.82 Å². The molecule has 28 heavy (non-hydrogen) atoms. The second-order valence-corrected chi connectivity index (χ2v) is 6.06. The molecule has 0 saturated heterocycles. The summed E-state index contributed by atoms with van der Waals surface area (Å²) < 4.78 is 17.6. The van der Waals surface area contributed by atoms with Crippen LogP contribution in [0.3, 0.4) is 0 Å². The van der Waals surface area contributed by atoms with Crippen molar-refractivity contribution >= 4 is 29.5 Å². The maximum atomic E-state index is 12.8. The normalized spacial score (nSPS) is 10.5. The van der Waals surface area contributed by atoms with Crippen LogP contribution in [0.5, 0.6) is 0 Å². The quantitative estimate of drug-likeness (QED) is 0.568. The summed E-state index contributed by atoms with van der Waals surface area (Å²) in [6.07, 6.45) is 2.57. The van der Waals surface area contributed by atoms with E-state index in [1.165, 1.54) is 30.3 Å². The topological polar surface area (TPSA) is 84.5 Å². The van der Waals surface area contributed by atoms with E-state index in [2.05, 4.69) is 10.6 Å². The Morgan fingerprint density at radius 3 is 2.46 bits per heavy atom. The zero-order chi connectivity index (χ0) is 20.5. The van der Waals surface area contributed by atoms with E-state index in [1.54, 1.807) is 6.07 Å². The number of aryl methyl sites for hydroxylation is 1. The lowest BCUT2D eigenvalue weighted by Gasteiger charge is -2.11. The first kappa shape index (κ1) is 20.8. The maximum Gasteiger partial charge on any atom is 0.331 e. The lowest BCUT2D eigenvalue weighted by Crippen LogP contribution is -2.35. The summed E-state index contributed by atoms with van der Waals surface area (Å²) >= 11 is 0. The summed E-state index contributed by atoms with van der Waals surface area (Å²) in [6.45, 7) is 3.08. The Morgan fingerprint density at radius 2 is 1.75 bits per heavy atom. The molecule has 0 atom stereocenters. The van der Waals surface area contributed by atoms with Gasteiger partial charge in [-0.3, -0.25) is 9.59 Å². The van der Waals surface area contributed by atoms with Crippen LogP contribution >= 0.6 is 0 Å². The van der Waals surface area contributed by atoms with Crippen molar-refractivity contribution in [1.82, 2.24) is 5.32 Å². The summed E-state index contributed by atoms with van der Waals surface area (Å²) in [4.78, 5) is 35.2. The number of benzene rings is 2. The molecule has 0 aromatic heterocycles. The van der Waals surface area contributed by atoms with Crippen molar-refractivity contribution in [3.05, 3.63) is 71.0 Å². The molecule has 2 amide bonds. The summed E-state index contributed by atoms with van der Waals surface area (Å²) in [5.74, 6) is -2.08. The highest BCUT2D eigenvalue weighted by molar-refractivity contribution is 5.95. The minimum atomic E-state index is -0.723. The van der Waals surface area contributed by atoms with Crippen LogP contribution in [-0.2, 0) is 19.1 Å². The number of carbonyl (C=O) groups is 3. The first-order valence-electron chi connectivity index (χ1n) is 8.58. The van der Waals surface area contributed by atoms with Gasteiger partial charge >= 0.3 is 5.97 Å². The second kappa shape index (κ2) is 10.0. The van der Waals surface area contributed by atoms with Gasteiger partial charge in [-0.15, -0.1) is 0 Å². The van der Waals surface area contributed by atoms with Gasteiger partial charge in [0, 0.05) is 11.8 Å². The molecule has 0 spiro atoms. The van der Waals surface area contributed by atoms with Crippen LogP contribution in [0.2, 0.25) is 0 Å². The van der Waals surface area contributed by atoms with Gasteiger partial charge in [-0.05, 0) is 54.8 Å². The minimum absolute atomic E-state index is 0.241. The van der Waals surface area contributed by atoms with Crippen molar-refractivity contribution in [2.24, 2.45) is 0 Å². The molecule has 0 radical (unpaired) electrons. The third-order valence-corrected chi connectivity index (χ3v) is 3.95. The lowest BCUT2D eigenvalue weighted by molar-refractivity contribution is -0.143. The molecule has 6 nitrogen and oxygen atoms in total. The Kier molecular flexibility index (Phi) is 7.45. The van der Waals surface area contributed by atoms with E-state index in [9.17, 15) is 18.8 Å². The van der Waals surface area contributed by atoms with Gasteiger partial charge < -0.3 is 15.4 Å². The van der Waals surface area contributed by atoms with Gasteiger partial charge in [0.25, 0.3) is 5.91 Å². The molecule has 2 N–H and O–H groups in total. The molecule has 0 aliphatic heterocycles. The number of nitrogens with one attached hydrogen (secondary N) is 2. The fraction of sp³-hybridized carbons (Fsp3) is 0.190. The molecule has 2 aromatic carbocycles. The number of esters is 1. The number of ether oxygens (including phenoxy) is 1. The Bertz CT molecular complexity index is 892. The van der Waals surface area contributed by atoms with Crippen LogP contribution < -0.4 is 10.6 Å². The van der Waals surface area contributed by atoms with E-state index in [1.807, 2.05) is 26.0 Å². The van der Waals surface area contributed by atoms with E-state index < -0.39 is 18.5 Å². The molecular weight excluding hydrogens is 363 g/mol. The molecule has 0 fully saturated rings. The Morgan fingerprint density at radius 1 is 1.04 bits per heavy atom. The first-order valence-corrected chi connectivity index (χ1v) is 8.58. The fourth-order valence-electron chi connectivity index (χ4n) is 2.23. The number of anilines is 1. The molecule has 0 saturated carbocycles. The number of hydrogen-bond donors (Lipinski definition) is 2. The summed E-state index contributed by atoms with van der Waals surface area (Å²) in [6, 6.07) is 11.1. The maximum absolute atomic E-state index is 12.8. The molecule has 146 valence electrons. The van der Waals surface area contributed by atoms with Crippen molar-refractivity contribution in [2.75, 3.05) is 18.5 Å². The zero-order valence-electron chi connectivity index (χ0n) is 15.6. The smallest absolute Gasteiger partial charge is 0.331 e. The number of rotatable bonds is 7. The summed E-state index contributed by atoms with van der Waals surface area (Å²) in [7, 11) is 0. The third-order valence-electron chi connectivity index (χ3n) is 3.95. The van der Waals surface area contributed by atoms with Gasteiger partial charge in [0.05, 0.1) is 6.54 Å². The number of amides is 2. The van der Waals surface area contributed by atoms with Crippen molar-refractivity contribution in [2.45, 2.75) is 13.8 Å². The molecule has 0 unspecified atom stereocenters. The van der Waals surface area contributed by atoms with Gasteiger partial charge in [-0.2, -0.15) is 0 Å². The highest BCUT2D eigenvalue weighted by Gasteiger charge is 2.09. The minimum Gasteiger partial charge on any atom is -0.452 e. The van der Waals surface area contributed by atoms with Crippen LogP contribution in [0, 0.1) is 19.7 Å². The molecular formula is C21H21FN2O4. The standard InChI is InChI=1S/C21H21FN2O4/c1-14-4-3-5-18(15(14)2)24-19(25)12-23-20(26)13-28-21(27)11-8-16-6-9-17(22)10-7-16/h3-11H,12-13H2,1-2H3,(H,23,26)(H,24,25)/b11-8+. The highest BCUT2D eigenvalue weighted by Crippen LogP contribution is 2.17. The molecule has 0 aliphatic rings. The number of carbonyl (C=O) groups excluding carboxylic acids is 3. The van der Waals surface area contributed by atoms with Crippen LogP contribution in [-0.4, -0.2) is 30.9 Å². The SMILES string of the molecule is Cc1cccc(NC(=O)CNC(=O)COC(=O)/C=C/c2ccc(F)cc2)c1C. The van der Waals surface area contributed by atoms with Crippen molar-refractivity contribution in [3.8, 4) is 0 Å². The Labute approximate surface area is 162 Å². The fourth-order valence-corrected chi connectivity index (χ4v) is 2.23. The Hall–Kier alpha value is -3.48. The lowest BCUT2D eigenvalue weighted by atomic mass is 10.1. The van der Waals surface area contributed by atoms with Crippen LogP contribution in [0.25, 0.3) is 6.08 Å². The predicted octanol–water partition coefficient (Wildman–Crippen LogP) is 2.75. The predicted molar refractivity (Wildman–Crippen MR) is 104 cm³/mol. The van der Waals surface area contributed by atoms with Crippen molar-refractivity contribution in [1.29, 1.82) is 0 Å². The Balaban J connectivity index is 1.71. The van der Waals surface area contributed by atoms with Gasteiger partial charge in [0.2, 0.25) is 5.91 Å². The molecule has 7 heteroatoms. The van der Waals surface area contributed by atoms with Gasteiger partial charge in [-0.25, -0.2) is 9.18 Å². The van der Waals surface area contributed by atoms with Crippen molar-refractivity contribution < 1.29 is 23.5 Å². The van der Waals surface area contributed by atoms with E-state index in [0.717, 1.165) is 17.2 Å². The van der Waals surface area contributed by atoms with E-state index in [-0.39, 0.29) is 18.3 Å². The molecule has 0 bridgehead atoms. The van der Waals surface area contributed by atoms with Crippen molar-refractivity contribution in [3.63, 3.8) is 0 Å². The molecule has 0 heterocycles. The number of hydrogen-bond acceptors (Lipinski definition) is 4. The highest BCUT2D eigenvalue weighted by atomic mass is 19.1. The molecule has 0 aliphatic carbocycles. The average molecular weight is 384 g/mol. The van der Waals surface area contributed by atoms with Crippen LogP contribution in [0.1, 0.15) is 16.7 Å². The zero-order valence-corrected chi connectivity index (χ0v) is 15.6. The largest absolute Gasteiger partial charge is 0.452 e. The van der Waals surface area contributed by atoms with E-state index in [0.29, 0.717) is 11.3 Å². The third kappa shape index (κ3) is 6.68. The summed E-state index contributed by atoms with van der Waals surface area (Å²) in [5.41, 5.74) is 3.29. The van der Waals surface area contributed by atoms with Gasteiger partial charge in [-0.1, -0.05) is 24.3 Å². The van der Waals surface area contributed by atoms with Gasteiger partial charge in [0.15, 0.2) is 6.61 Å². The monoisotopic (exact) mass is 384 g/mol.